The molecule has 0 aliphatic rings. The van der Waals surface area contributed by atoms with Crippen LogP contribution in [0.25, 0.3) is 0 Å². The fourth-order valence-corrected chi connectivity index (χ4v) is 1.96. The lowest BCUT2D eigenvalue weighted by Gasteiger charge is -2.10. The standard InChI is InChI=1S/C16H19N3O2/c1-17-11-12-5-3-6-13(9-12)18-16(20)19-14-7-4-8-15(10-14)21-2/h3-10,17H,11H2,1-2H3,(H2,18,19,20). The number of carbonyl (C=O) groups excluding carboxylic acids is 1. The number of nitrogens with one attached hydrogen (secondary N) is 3. The quantitative estimate of drug-likeness (QED) is 0.791. The zero-order valence-electron chi connectivity index (χ0n) is 12.1. The Bertz CT molecular complexity index is 614. The fourth-order valence-electron chi connectivity index (χ4n) is 1.96. The lowest BCUT2D eigenvalue weighted by molar-refractivity contribution is 0.262. The molecule has 2 aromatic rings. The third-order valence-corrected chi connectivity index (χ3v) is 2.89. The Morgan fingerprint density at radius 3 is 2.38 bits per heavy atom. The molecule has 0 aliphatic heterocycles. The molecule has 0 heterocycles. The Labute approximate surface area is 124 Å². The smallest absolute Gasteiger partial charge is 0.323 e. The van der Waals surface area contributed by atoms with Gasteiger partial charge >= 0.3 is 6.03 Å². The Hall–Kier alpha value is -2.53. The van der Waals surface area contributed by atoms with Crippen LogP contribution in [0.1, 0.15) is 5.56 Å². The van der Waals surface area contributed by atoms with E-state index in [2.05, 4.69) is 16.0 Å². The zero-order chi connectivity index (χ0) is 15.1. The van der Waals surface area contributed by atoms with Gasteiger partial charge in [0.15, 0.2) is 0 Å². The molecule has 0 unspecified atom stereocenters. The number of amides is 2. The summed E-state index contributed by atoms with van der Waals surface area (Å²) in [4.78, 5) is 12.0. The summed E-state index contributed by atoms with van der Waals surface area (Å²) in [6.07, 6.45) is 0. The molecule has 3 N–H and O–H groups in total. The third kappa shape index (κ3) is 4.50. The van der Waals surface area contributed by atoms with Crippen molar-refractivity contribution in [2.24, 2.45) is 0 Å². The predicted molar refractivity (Wildman–Crippen MR) is 84.8 cm³/mol. The van der Waals surface area contributed by atoms with E-state index in [-0.39, 0.29) is 6.03 Å². The highest BCUT2D eigenvalue weighted by Crippen LogP contribution is 2.17. The van der Waals surface area contributed by atoms with E-state index < -0.39 is 0 Å². The van der Waals surface area contributed by atoms with Gasteiger partial charge in [-0.3, -0.25) is 0 Å². The summed E-state index contributed by atoms with van der Waals surface area (Å²) in [5.74, 6) is 0.698. The molecular weight excluding hydrogens is 266 g/mol. The van der Waals surface area contributed by atoms with E-state index in [0.29, 0.717) is 11.4 Å². The molecule has 0 bridgehead atoms. The van der Waals surface area contributed by atoms with Crippen LogP contribution >= 0.6 is 0 Å². The molecule has 0 radical (unpaired) electrons. The molecule has 0 saturated heterocycles. The molecule has 2 aromatic carbocycles. The minimum atomic E-state index is -0.287. The number of rotatable bonds is 5. The number of urea groups is 1. The minimum Gasteiger partial charge on any atom is -0.497 e. The van der Waals surface area contributed by atoms with Gasteiger partial charge in [-0.05, 0) is 36.9 Å². The second-order valence-corrected chi connectivity index (χ2v) is 4.54. The monoisotopic (exact) mass is 285 g/mol. The number of anilines is 2. The molecule has 5 heteroatoms. The van der Waals surface area contributed by atoms with Crippen LogP contribution < -0.4 is 20.7 Å². The van der Waals surface area contributed by atoms with Crippen LogP contribution in [0.2, 0.25) is 0 Å². The van der Waals surface area contributed by atoms with Crippen molar-refractivity contribution in [1.82, 2.24) is 5.32 Å². The van der Waals surface area contributed by atoms with Crippen molar-refractivity contribution >= 4 is 17.4 Å². The second-order valence-electron chi connectivity index (χ2n) is 4.54. The van der Waals surface area contributed by atoms with Crippen molar-refractivity contribution in [1.29, 1.82) is 0 Å². The van der Waals surface area contributed by atoms with Gasteiger partial charge in [0, 0.05) is 24.0 Å². The Morgan fingerprint density at radius 2 is 1.71 bits per heavy atom. The van der Waals surface area contributed by atoms with Crippen molar-refractivity contribution in [2.75, 3.05) is 24.8 Å². The van der Waals surface area contributed by atoms with E-state index >= 15 is 0 Å². The molecule has 0 fully saturated rings. The van der Waals surface area contributed by atoms with E-state index in [4.69, 9.17) is 4.74 Å². The summed E-state index contributed by atoms with van der Waals surface area (Å²) >= 11 is 0. The summed E-state index contributed by atoms with van der Waals surface area (Å²) < 4.78 is 5.12. The first-order valence-corrected chi connectivity index (χ1v) is 6.67. The van der Waals surface area contributed by atoms with Gasteiger partial charge in [-0.25, -0.2) is 4.79 Å². The largest absolute Gasteiger partial charge is 0.497 e. The molecule has 110 valence electrons. The van der Waals surface area contributed by atoms with Gasteiger partial charge in [0.1, 0.15) is 5.75 Å². The molecule has 21 heavy (non-hydrogen) atoms. The summed E-state index contributed by atoms with van der Waals surface area (Å²) in [7, 11) is 3.47. The Morgan fingerprint density at radius 1 is 1.05 bits per heavy atom. The zero-order valence-corrected chi connectivity index (χ0v) is 12.1. The van der Waals surface area contributed by atoms with E-state index in [0.717, 1.165) is 17.8 Å². The highest BCUT2D eigenvalue weighted by Gasteiger charge is 2.04. The van der Waals surface area contributed by atoms with Crippen LogP contribution in [0.4, 0.5) is 16.2 Å². The van der Waals surface area contributed by atoms with Crippen LogP contribution in [0.15, 0.2) is 48.5 Å². The van der Waals surface area contributed by atoms with Crippen molar-refractivity contribution < 1.29 is 9.53 Å². The predicted octanol–water partition coefficient (Wildman–Crippen LogP) is 3.06. The number of benzene rings is 2. The van der Waals surface area contributed by atoms with Crippen LogP contribution in [-0.4, -0.2) is 20.2 Å². The first kappa shape index (κ1) is 14.9. The molecule has 0 aromatic heterocycles. The fraction of sp³-hybridized carbons (Fsp3) is 0.188. The van der Waals surface area contributed by atoms with E-state index in [1.807, 2.05) is 43.4 Å². The van der Waals surface area contributed by atoms with Gasteiger partial charge in [0.05, 0.1) is 7.11 Å². The van der Waals surface area contributed by atoms with Crippen molar-refractivity contribution in [3.05, 3.63) is 54.1 Å². The first-order valence-electron chi connectivity index (χ1n) is 6.67. The summed E-state index contributed by atoms with van der Waals surface area (Å²) in [6.45, 7) is 0.757. The molecule has 5 nitrogen and oxygen atoms in total. The maximum absolute atomic E-state index is 12.0. The summed E-state index contributed by atoms with van der Waals surface area (Å²) in [6, 6.07) is 14.6. The van der Waals surface area contributed by atoms with Gasteiger partial charge in [-0.2, -0.15) is 0 Å². The van der Waals surface area contributed by atoms with E-state index in [1.54, 1.807) is 19.2 Å². The van der Waals surface area contributed by atoms with Crippen LogP contribution in [0, 0.1) is 0 Å². The highest BCUT2D eigenvalue weighted by atomic mass is 16.5. The van der Waals surface area contributed by atoms with Crippen molar-refractivity contribution in [2.45, 2.75) is 6.54 Å². The lowest BCUT2D eigenvalue weighted by atomic mass is 10.2. The minimum absolute atomic E-state index is 0.287. The van der Waals surface area contributed by atoms with Crippen LogP contribution in [-0.2, 0) is 6.54 Å². The normalized spacial score (nSPS) is 10.0. The van der Waals surface area contributed by atoms with Gasteiger partial charge in [0.25, 0.3) is 0 Å². The van der Waals surface area contributed by atoms with Gasteiger partial charge in [-0.1, -0.05) is 18.2 Å². The number of hydrogen-bond donors (Lipinski definition) is 3. The van der Waals surface area contributed by atoms with E-state index in [9.17, 15) is 4.79 Å². The van der Waals surface area contributed by atoms with Gasteiger partial charge in [-0.15, -0.1) is 0 Å². The Balaban J connectivity index is 1.99. The average Bonchev–Trinajstić information content (AvgIpc) is 2.48. The van der Waals surface area contributed by atoms with Crippen molar-refractivity contribution in [3.63, 3.8) is 0 Å². The molecule has 0 aliphatic carbocycles. The maximum Gasteiger partial charge on any atom is 0.323 e. The molecule has 0 atom stereocenters. The molecule has 2 rings (SSSR count). The van der Waals surface area contributed by atoms with Crippen molar-refractivity contribution in [3.8, 4) is 5.75 Å². The highest BCUT2D eigenvalue weighted by molar-refractivity contribution is 5.99. The van der Waals surface area contributed by atoms with Gasteiger partial charge in [0.2, 0.25) is 0 Å². The number of carbonyl (C=O) groups is 1. The molecule has 0 spiro atoms. The average molecular weight is 285 g/mol. The summed E-state index contributed by atoms with van der Waals surface area (Å²) in [5.41, 5.74) is 2.54. The lowest BCUT2D eigenvalue weighted by Crippen LogP contribution is -2.19. The first-order chi connectivity index (χ1) is 10.2. The topological polar surface area (TPSA) is 62.4 Å². The number of hydrogen-bond acceptors (Lipinski definition) is 3. The van der Waals surface area contributed by atoms with Crippen LogP contribution in [0.3, 0.4) is 0 Å². The Kier molecular flexibility index (Phi) is 5.17. The number of ether oxygens (including phenoxy) is 1. The summed E-state index contributed by atoms with van der Waals surface area (Å²) in [5, 5.41) is 8.65. The SMILES string of the molecule is CNCc1cccc(NC(=O)Nc2cccc(OC)c2)c1. The third-order valence-electron chi connectivity index (χ3n) is 2.89. The maximum atomic E-state index is 12.0. The van der Waals surface area contributed by atoms with Gasteiger partial charge < -0.3 is 20.7 Å². The molecule has 0 saturated carbocycles. The molecular formula is C16H19N3O2. The molecule has 2 amide bonds. The second kappa shape index (κ2) is 7.31. The number of methoxy groups -OCH3 is 1. The van der Waals surface area contributed by atoms with Crippen LogP contribution in [0.5, 0.6) is 5.75 Å². The van der Waals surface area contributed by atoms with E-state index in [1.165, 1.54) is 0 Å².